The Morgan fingerprint density at radius 1 is 0.933 bits per heavy atom. The molecule has 4 rings (SSSR count). The molecule has 2 atom stereocenters. The molecule has 2 aromatic rings. The standard InChI is InChI=1S/C26H29NO3/c1-26(2,3)19-10-8-16(9-11-19)18-13-22-25(23(28)14-18)21(15-24(29)27-22)17-6-5-7-20(12-17)30-4/h5-12,18,21H,13-15H2,1-4H3,(H,27,29). The van der Waals surface area contributed by atoms with Gasteiger partial charge in [0.05, 0.1) is 7.11 Å². The summed E-state index contributed by atoms with van der Waals surface area (Å²) in [6.45, 7) is 6.58. The molecule has 30 heavy (non-hydrogen) atoms. The molecular weight excluding hydrogens is 374 g/mol. The van der Waals surface area contributed by atoms with Crippen molar-refractivity contribution in [3.8, 4) is 5.75 Å². The average Bonchev–Trinajstić information content (AvgIpc) is 2.72. The molecule has 1 heterocycles. The summed E-state index contributed by atoms with van der Waals surface area (Å²) in [5, 5.41) is 3.00. The normalized spacial score (nSPS) is 21.9. The Hall–Kier alpha value is -2.88. The Morgan fingerprint density at radius 3 is 2.33 bits per heavy atom. The van der Waals surface area contributed by atoms with Crippen molar-refractivity contribution < 1.29 is 14.3 Å². The molecule has 0 bridgehead atoms. The van der Waals surface area contributed by atoms with Crippen molar-refractivity contribution in [2.75, 3.05) is 7.11 Å². The van der Waals surface area contributed by atoms with Gasteiger partial charge >= 0.3 is 0 Å². The minimum Gasteiger partial charge on any atom is -0.497 e. The van der Waals surface area contributed by atoms with Gasteiger partial charge in [0.1, 0.15) is 5.75 Å². The van der Waals surface area contributed by atoms with E-state index in [1.165, 1.54) is 5.56 Å². The molecule has 1 aliphatic heterocycles. The van der Waals surface area contributed by atoms with Crippen LogP contribution in [0.5, 0.6) is 5.75 Å². The number of nitrogens with one attached hydrogen (secondary N) is 1. The predicted octanol–water partition coefficient (Wildman–Crippen LogP) is 5.00. The first-order valence-corrected chi connectivity index (χ1v) is 10.6. The highest BCUT2D eigenvalue weighted by Crippen LogP contribution is 2.43. The van der Waals surface area contributed by atoms with Crippen molar-refractivity contribution in [1.29, 1.82) is 0 Å². The number of carbonyl (C=O) groups is 2. The molecular formula is C26H29NO3. The van der Waals surface area contributed by atoms with Gasteiger partial charge in [0, 0.05) is 30.0 Å². The fraction of sp³-hybridized carbons (Fsp3) is 0.385. The van der Waals surface area contributed by atoms with Crippen LogP contribution in [0.15, 0.2) is 59.8 Å². The van der Waals surface area contributed by atoms with Crippen LogP contribution < -0.4 is 10.1 Å². The zero-order valence-electron chi connectivity index (χ0n) is 18.1. The molecule has 0 fully saturated rings. The first kappa shape index (κ1) is 20.4. The van der Waals surface area contributed by atoms with Crippen LogP contribution in [0.1, 0.15) is 68.6 Å². The van der Waals surface area contributed by atoms with Gasteiger partial charge in [0.15, 0.2) is 5.78 Å². The molecule has 4 nitrogen and oxygen atoms in total. The topological polar surface area (TPSA) is 55.4 Å². The van der Waals surface area contributed by atoms with E-state index in [-0.39, 0.29) is 28.9 Å². The molecule has 0 spiro atoms. The highest BCUT2D eigenvalue weighted by atomic mass is 16.5. The SMILES string of the molecule is COc1cccc(C2CC(=O)NC3=C2C(=O)CC(c2ccc(C(C)(C)C)cc2)C3)c1. The number of methoxy groups -OCH3 is 1. The number of hydrogen-bond acceptors (Lipinski definition) is 3. The molecule has 2 aliphatic rings. The molecule has 1 aliphatic carbocycles. The van der Waals surface area contributed by atoms with Crippen LogP contribution in [0.3, 0.4) is 0 Å². The van der Waals surface area contributed by atoms with Crippen LogP contribution in [0, 0.1) is 0 Å². The van der Waals surface area contributed by atoms with E-state index >= 15 is 0 Å². The van der Waals surface area contributed by atoms with Gasteiger partial charge < -0.3 is 10.1 Å². The van der Waals surface area contributed by atoms with Gasteiger partial charge in [-0.15, -0.1) is 0 Å². The predicted molar refractivity (Wildman–Crippen MR) is 118 cm³/mol. The van der Waals surface area contributed by atoms with E-state index in [0.29, 0.717) is 19.3 Å². The van der Waals surface area contributed by atoms with Crippen LogP contribution in [0.4, 0.5) is 0 Å². The van der Waals surface area contributed by atoms with Crippen LogP contribution >= 0.6 is 0 Å². The Kier molecular flexibility index (Phi) is 5.27. The lowest BCUT2D eigenvalue weighted by atomic mass is 9.73. The van der Waals surface area contributed by atoms with Gasteiger partial charge in [-0.25, -0.2) is 0 Å². The van der Waals surface area contributed by atoms with Crippen molar-refractivity contribution in [3.63, 3.8) is 0 Å². The van der Waals surface area contributed by atoms with Crippen molar-refractivity contribution >= 4 is 11.7 Å². The molecule has 1 N–H and O–H groups in total. The highest BCUT2D eigenvalue weighted by molar-refractivity contribution is 6.02. The van der Waals surface area contributed by atoms with E-state index < -0.39 is 0 Å². The lowest BCUT2D eigenvalue weighted by Gasteiger charge is -2.34. The molecule has 2 aromatic carbocycles. The van der Waals surface area contributed by atoms with Crippen LogP contribution in [0.25, 0.3) is 0 Å². The van der Waals surface area contributed by atoms with Gasteiger partial charge in [-0.3, -0.25) is 9.59 Å². The fourth-order valence-corrected chi connectivity index (χ4v) is 4.59. The Labute approximate surface area is 178 Å². The first-order valence-electron chi connectivity index (χ1n) is 10.6. The smallest absolute Gasteiger partial charge is 0.225 e. The van der Waals surface area contributed by atoms with Gasteiger partial charge in [-0.05, 0) is 46.6 Å². The first-order chi connectivity index (χ1) is 14.3. The third-order valence-electron chi connectivity index (χ3n) is 6.28. The number of rotatable bonds is 3. The number of Topliss-reactive ketones (excluding diaryl/α,β-unsaturated/α-hetero) is 1. The monoisotopic (exact) mass is 403 g/mol. The van der Waals surface area contributed by atoms with Crippen LogP contribution in [-0.2, 0) is 15.0 Å². The average molecular weight is 404 g/mol. The van der Waals surface area contributed by atoms with Crippen LogP contribution in [-0.4, -0.2) is 18.8 Å². The highest BCUT2D eigenvalue weighted by Gasteiger charge is 2.38. The van der Waals surface area contributed by atoms with E-state index in [1.54, 1.807) is 7.11 Å². The van der Waals surface area contributed by atoms with Crippen molar-refractivity contribution in [1.82, 2.24) is 5.32 Å². The van der Waals surface area contributed by atoms with Crippen molar-refractivity contribution in [2.24, 2.45) is 0 Å². The molecule has 2 unspecified atom stereocenters. The van der Waals surface area contributed by atoms with Crippen LogP contribution in [0.2, 0.25) is 0 Å². The summed E-state index contributed by atoms with van der Waals surface area (Å²) in [6.07, 6.45) is 1.45. The van der Waals surface area contributed by atoms with Crippen molar-refractivity contribution in [3.05, 3.63) is 76.5 Å². The second-order valence-electron chi connectivity index (χ2n) is 9.37. The zero-order chi connectivity index (χ0) is 21.5. The second-order valence-corrected chi connectivity index (χ2v) is 9.37. The Bertz CT molecular complexity index is 1010. The maximum atomic E-state index is 13.2. The number of allylic oxidation sites excluding steroid dienone is 2. The van der Waals surface area contributed by atoms with E-state index in [9.17, 15) is 9.59 Å². The number of amides is 1. The summed E-state index contributed by atoms with van der Waals surface area (Å²) >= 11 is 0. The number of ether oxygens (including phenoxy) is 1. The number of ketones is 1. The molecule has 0 saturated heterocycles. The number of hydrogen-bond donors (Lipinski definition) is 1. The lowest BCUT2D eigenvalue weighted by Crippen LogP contribution is -2.38. The van der Waals surface area contributed by atoms with Gasteiger partial charge in [-0.2, -0.15) is 0 Å². The molecule has 1 amide bonds. The molecule has 156 valence electrons. The van der Waals surface area contributed by atoms with E-state index in [2.05, 4.69) is 50.4 Å². The zero-order valence-corrected chi connectivity index (χ0v) is 18.1. The summed E-state index contributed by atoms with van der Waals surface area (Å²) in [7, 11) is 1.62. The van der Waals surface area contributed by atoms with Gasteiger partial charge in [-0.1, -0.05) is 57.2 Å². The summed E-state index contributed by atoms with van der Waals surface area (Å²) in [5.41, 5.74) is 5.04. The van der Waals surface area contributed by atoms with Crippen molar-refractivity contribution in [2.45, 2.75) is 57.3 Å². The lowest BCUT2D eigenvalue weighted by molar-refractivity contribution is -0.122. The van der Waals surface area contributed by atoms with E-state index in [1.807, 2.05) is 24.3 Å². The fourth-order valence-electron chi connectivity index (χ4n) is 4.59. The second kappa shape index (κ2) is 7.75. The summed E-state index contributed by atoms with van der Waals surface area (Å²) in [4.78, 5) is 25.7. The molecule has 0 saturated carbocycles. The quantitative estimate of drug-likeness (QED) is 0.785. The van der Waals surface area contributed by atoms with Gasteiger partial charge in [0.25, 0.3) is 0 Å². The Balaban J connectivity index is 1.65. The third kappa shape index (κ3) is 3.91. The number of benzene rings is 2. The summed E-state index contributed by atoms with van der Waals surface area (Å²) in [6, 6.07) is 16.3. The molecule has 0 radical (unpaired) electrons. The molecule has 4 heteroatoms. The summed E-state index contributed by atoms with van der Waals surface area (Å²) < 4.78 is 5.34. The summed E-state index contributed by atoms with van der Waals surface area (Å²) in [5.74, 6) is 0.725. The minimum atomic E-state index is -0.208. The van der Waals surface area contributed by atoms with Gasteiger partial charge in [0.2, 0.25) is 5.91 Å². The molecule has 0 aromatic heterocycles. The van der Waals surface area contributed by atoms with E-state index in [4.69, 9.17) is 4.74 Å². The minimum absolute atomic E-state index is 0.0295. The largest absolute Gasteiger partial charge is 0.497 e. The maximum Gasteiger partial charge on any atom is 0.225 e. The maximum absolute atomic E-state index is 13.2. The van der Waals surface area contributed by atoms with E-state index in [0.717, 1.165) is 28.1 Å². The Morgan fingerprint density at radius 2 is 1.67 bits per heavy atom. The number of carbonyl (C=O) groups excluding carboxylic acids is 2. The third-order valence-corrected chi connectivity index (χ3v) is 6.28.